The Morgan fingerprint density at radius 2 is 1.87 bits per heavy atom. The summed E-state index contributed by atoms with van der Waals surface area (Å²) in [5, 5.41) is 0.722. The number of hydrogen-bond acceptors (Lipinski definition) is 5. The maximum atomic E-state index is 11.4. The van der Waals surface area contributed by atoms with Crippen LogP contribution in [0.25, 0.3) is 0 Å². The molecule has 1 fully saturated rings. The molecule has 7 heteroatoms. The third kappa shape index (κ3) is 3.95. The van der Waals surface area contributed by atoms with E-state index in [9.17, 15) is 4.79 Å². The Kier molecular flexibility index (Phi) is 5.03. The van der Waals surface area contributed by atoms with Gasteiger partial charge in [-0.1, -0.05) is 23.4 Å². The summed E-state index contributed by atoms with van der Waals surface area (Å²) in [5.74, 6) is 1.05. The fraction of sp³-hybridized carbons (Fsp3) is 0.312. The summed E-state index contributed by atoms with van der Waals surface area (Å²) >= 11 is 7.55. The Bertz CT molecular complexity index is 687. The van der Waals surface area contributed by atoms with Crippen LogP contribution in [-0.4, -0.2) is 47.0 Å². The molecule has 0 bridgehead atoms. The predicted molar refractivity (Wildman–Crippen MR) is 92.1 cm³/mol. The fourth-order valence-corrected chi connectivity index (χ4v) is 3.52. The number of carbonyl (C=O) groups is 1. The summed E-state index contributed by atoms with van der Waals surface area (Å²) in [7, 11) is 0. The molecule has 0 aliphatic carbocycles. The standard InChI is InChI=1S/C16H17ClN4OS/c1-12(22)20-6-8-21(9-7-20)16-15(10-18-11-19-16)23-14-4-2-13(17)3-5-14/h2-5,10-11H,6-9H2,1H3. The fourth-order valence-electron chi connectivity index (χ4n) is 2.48. The van der Waals surface area contributed by atoms with E-state index in [4.69, 9.17) is 11.6 Å². The van der Waals surface area contributed by atoms with E-state index in [-0.39, 0.29) is 5.91 Å². The van der Waals surface area contributed by atoms with Gasteiger partial charge in [0.2, 0.25) is 5.91 Å². The average Bonchev–Trinajstić information content (AvgIpc) is 2.57. The number of hydrogen-bond donors (Lipinski definition) is 0. The minimum Gasteiger partial charge on any atom is -0.352 e. The van der Waals surface area contributed by atoms with Crippen molar-refractivity contribution in [3.8, 4) is 0 Å². The van der Waals surface area contributed by atoms with Crippen molar-refractivity contribution >= 4 is 35.1 Å². The molecule has 3 rings (SSSR count). The van der Waals surface area contributed by atoms with Crippen LogP contribution in [0.2, 0.25) is 5.02 Å². The van der Waals surface area contributed by atoms with Gasteiger partial charge in [-0.3, -0.25) is 4.79 Å². The molecule has 1 aromatic heterocycles. The quantitative estimate of drug-likeness (QED) is 0.853. The molecule has 1 saturated heterocycles. The van der Waals surface area contributed by atoms with Gasteiger partial charge in [0.25, 0.3) is 0 Å². The van der Waals surface area contributed by atoms with Crippen LogP contribution in [0.15, 0.2) is 46.6 Å². The first kappa shape index (κ1) is 16.1. The summed E-state index contributed by atoms with van der Waals surface area (Å²) in [6, 6.07) is 7.72. The van der Waals surface area contributed by atoms with E-state index < -0.39 is 0 Å². The smallest absolute Gasteiger partial charge is 0.219 e. The maximum absolute atomic E-state index is 11.4. The highest BCUT2D eigenvalue weighted by atomic mass is 35.5. The first-order chi connectivity index (χ1) is 11.1. The van der Waals surface area contributed by atoms with Crippen LogP contribution in [0.4, 0.5) is 5.82 Å². The lowest BCUT2D eigenvalue weighted by Gasteiger charge is -2.35. The number of nitrogens with zero attached hydrogens (tertiary/aromatic N) is 4. The topological polar surface area (TPSA) is 49.3 Å². The molecule has 1 aliphatic heterocycles. The Morgan fingerprint density at radius 1 is 1.17 bits per heavy atom. The lowest BCUT2D eigenvalue weighted by Crippen LogP contribution is -2.48. The van der Waals surface area contributed by atoms with E-state index in [2.05, 4.69) is 14.9 Å². The number of carbonyl (C=O) groups excluding carboxylic acids is 1. The highest BCUT2D eigenvalue weighted by Gasteiger charge is 2.21. The van der Waals surface area contributed by atoms with Gasteiger partial charge in [0.15, 0.2) is 0 Å². The second kappa shape index (κ2) is 7.19. The molecule has 1 aromatic carbocycles. The second-order valence-electron chi connectivity index (χ2n) is 5.26. The lowest BCUT2D eigenvalue weighted by atomic mass is 10.3. The van der Waals surface area contributed by atoms with E-state index in [1.54, 1.807) is 25.0 Å². The van der Waals surface area contributed by atoms with Crippen molar-refractivity contribution in [3.63, 3.8) is 0 Å². The van der Waals surface area contributed by atoms with Gasteiger partial charge < -0.3 is 9.80 Å². The molecule has 0 radical (unpaired) electrons. The van der Waals surface area contributed by atoms with Crippen LogP contribution in [0, 0.1) is 0 Å². The van der Waals surface area contributed by atoms with Crippen LogP contribution in [0.5, 0.6) is 0 Å². The van der Waals surface area contributed by atoms with E-state index in [0.717, 1.165) is 46.8 Å². The molecule has 0 spiro atoms. The Hall–Kier alpha value is -1.79. The minimum absolute atomic E-state index is 0.128. The third-order valence-corrected chi connectivity index (χ3v) is 4.99. The molecule has 5 nitrogen and oxygen atoms in total. The summed E-state index contributed by atoms with van der Waals surface area (Å²) in [6.07, 6.45) is 3.40. The highest BCUT2D eigenvalue weighted by molar-refractivity contribution is 7.99. The van der Waals surface area contributed by atoms with Crippen molar-refractivity contribution in [1.29, 1.82) is 0 Å². The largest absolute Gasteiger partial charge is 0.352 e. The molecular formula is C16H17ClN4OS. The van der Waals surface area contributed by atoms with Crippen molar-refractivity contribution in [1.82, 2.24) is 14.9 Å². The van der Waals surface area contributed by atoms with Crippen LogP contribution in [0.1, 0.15) is 6.92 Å². The van der Waals surface area contributed by atoms with Crippen molar-refractivity contribution in [2.75, 3.05) is 31.1 Å². The van der Waals surface area contributed by atoms with E-state index in [1.165, 1.54) is 0 Å². The number of anilines is 1. The van der Waals surface area contributed by atoms with Crippen LogP contribution in [-0.2, 0) is 4.79 Å². The first-order valence-corrected chi connectivity index (χ1v) is 8.57. The first-order valence-electron chi connectivity index (χ1n) is 7.37. The third-order valence-electron chi connectivity index (χ3n) is 3.72. The molecule has 23 heavy (non-hydrogen) atoms. The lowest BCUT2D eigenvalue weighted by molar-refractivity contribution is -0.129. The normalized spacial score (nSPS) is 14.9. The van der Waals surface area contributed by atoms with E-state index in [0.29, 0.717) is 0 Å². The monoisotopic (exact) mass is 348 g/mol. The molecule has 2 aromatic rings. The number of amides is 1. The second-order valence-corrected chi connectivity index (χ2v) is 6.81. The Morgan fingerprint density at radius 3 is 2.52 bits per heavy atom. The summed E-state index contributed by atoms with van der Waals surface area (Å²) in [4.78, 5) is 26.2. The van der Waals surface area contributed by atoms with Crippen molar-refractivity contribution < 1.29 is 4.79 Å². The number of aromatic nitrogens is 2. The molecule has 0 atom stereocenters. The van der Waals surface area contributed by atoms with Gasteiger partial charge in [-0.15, -0.1) is 0 Å². The molecule has 1 aliphatic rings. The van der Waals surface area contributed by atoms with E-state index >= 15 is 0 Å². The summed E-state index contributed by atoms with van der Waals surface area (Å²) < 4.78 is 0. The maximum Gasteiger partial charge on any atom is 0.219 e. The predicted octanol–water partition coefficient (Wildman–Crippen LogP) is 2.95. The van der Waals surface area contributed by atoms with Gasteiger partial charge in [0.05, 0.1) is 4.90 Å². The number of rotatable bonds is 3. The van der Waals surface area contributed by atoms with Gasteiger partial charge in [0, 0.05) is 49.2 Å². The van der Waals surface area contributed by atoms with Crippen molar-refractivity contribution in [3.05, 3.63) is 41.8 Å². The Labute approximate surface area is 144 Å². The molecule has 2 heterocycles. The average molecular weight is 349 g/mol. The van der Waals surface area contributed by atoms with Crippen molar-refractivity contribution in [2.24, 2.45) is 0 Å². The molecular weight excluding hydrogens is 332 g/mol. The number of halogens is 1. The molecule has 0 unspecified atom stereocenters. The van der Waals surface area contributed by atoms with Gasteiger partial charge in [-0.2, -0.15) is 0 Å². The summed E-state index contributed by atoms with van der Waals surface area (Å²) in [5.41, 5.74) is 0. The molecule has 1 amide bonds. The zero-order chi connectivity index (χ0) is 16.2. The van der Waals surface area contributed by atoms with Crippen LogP contribution < -0.4 is 4.90 Å². The van der Waals surface area contributed by atoms with Crippen LogP contribution in [0.3, 0.4) is 0 Å². The SMILES string of the molecule is CC(=O)N1CCN(c2ncncc2Sc2ccc(Cl)cc2)CC1. The summed E-state index contributed by atoms with van der Waals surface area (Å²) in [6.45, 7) is 4.63. The molecule has 0 N–H and O–H groups in total. The van der Waals surface area contributed by atoms with E-state index in [1.807, 2.05) is 35.4 Å². The van der Waals surface area contributed by atoms with Gasteiger partial charge in [0.1, 0.15) is 12.1 Å². The zero-order valence-electron chi connectivity index (χ0n) is 12.8. The molecule has 120 valence electrons. The molecule has 0 saturated carbocycles. The van der Waals surface area contributed by atoms with Crippen molar-refractivity contribution in [2.45, 2.75) is 16.7 Å². The van der Waals surface area contributed by atoms with Crippen LogP contribution >= 0.6 is 23.4 Å². The number of piperazine rings is 1. The number of benzene rings is 1. The van der Waals surface area contributed by atoms with Gasteiger partial charge in [-0.05, 0) is 24.3 Å². The van der Waals surface area contributed by atoms with Gasteiger partial charge in [-0.25, -0.2) is 9.97 Å². The highest BCUT2D eigenvalue weighted by Crippen LogP contribution is 2.34. The zero-order valence-corrected chi connectivity index (χ0v) is 14.3. The minimum atomic E-state index is 0.128. The van der Waals surface area contributed by atoms with Gasteiger partial charge >= 0.3 is 0 Å². The Balaban J connectivity index is 1.76.